The van der Waals surface area contributed by atoms with Gasteiger partial charge in [-0.1, -0.05) is 23.8 Å². The molecule has 0 fully saturated rings. The Labute approximate surface area is 172 Å². The van der Waals surface area contributed by atoms with Crippen molar-refractivity contribution in [2.24, 2.45) is 0 Å². The summed E-state index contributed by atoms with van der Waals surface area (Å²) in [7, 11) is 2.21. The van der Waals surface area contributed by atoms with E-state index < -0.39 is 5.60 Å². The van der Waals surface area contributed by atoms with Crippen molar-refractivity contribution in [3.05, 3.63) is 70.2 Å². The molecule has 0 saturated carbocycles. The Hall–Kier alpha value is -2.17. The summed E-state index contributed by atoms with van der Waals surface area (Å²) in [4.78, 5) is 2.42. The van der Waals surface area contributed by atoms with E-state index in [2.05, 4.69) is 49.4 Å². The van der Waals surface area contributed by atoms with Crippen molar-refractivity contribution in [1.82, 2.24) is 9.47 Å². The van der Waals surface area contributed by atoms with Crippen molar-refractivity contribution in [3.63, 3.8) is 0 Å². The molecule has 2 aromatic carbocycles. The summed E-state index contributed by atoms with van der Waals surface area (Å²) in [5, 5.41) is 1.39. The van der Waals surface area contributed by atoms with Gasteiger partial charge in [0.25, 0.3) is 0 Å². The molecule has 0 amide bonds. The molecule has 3 nitrogen and oxygen atoms in total. The standard InChI is InChI=1S/C25H29FN2O/c1-16-13-21-17(2)29-25(3,18-5-7-19(26)8-6-18)15-28-23-10-12-27(4)11-9-20(23)22(14-16)24(21)28/h5-8,13-14,17H,9-12,15H2,1-4H3. The van der Waals surface area contributed by atoms with Gasteiger partial charge in [0.05, 0.1) is 18.2 Å². The Morgan fingerprint density at radius 3 is 2.59 bits per heavy atom. The van der Waals surface area contributed by atoms with E-state index in [1.54, 1.807) is 0 Å². The van der Waals surface area contributed by atoms with Crippen LogP contribution in [0.1, 0.15) is 47.9 Å². The fourth-order valence-corrected chi connectivity index (χ4v) is 5.31. The smallest absolute Gasteiger partial charge is 0.123 e. The second-order valence-corrected chi connectivity index (χ2v) is 9.06. The second kappa shape index (κ2) is 6.68. The van der Waals surface area contributed by atoms with E-state index in [-0.39, 0.29) is 11.9 Å². The lowest BCUT2D eigenvalue weighted by Gasteiger charge is -2.32. The summed E-state index contributed by atoms with van der Waals surface area (Å²) in [6.45, 7) is 9.39. The number of benzene rings is 2. The van der Waals surface area contributed by atoms with Gasteiger partial charge in [0, 0.05) is 36.2 Å². The molecule has 0 aliphatic carbocycles. The number of fused-ring (bicyclic) bond motifs is 3. The fraction of sp³-hybridized carbons (Fsp3) is 0.440. The zero-order valence-corrected chi connectivity index (χ0v) is 17.8. The summed E-state index contributed by atoms with van der Waals surface area (Å²) in [6, 6.07) is 11.5. The Morgan fingerprint density at radius 2 is 1.83 bits per heavy atom. The van der Waals surface area contributed by atoms with Crippen LogP contribution < -0.4 is 0 Å². The van der Waals surface area contributed by atoms with Crippen molar-refractivity contribution in [1.29, 1.82) is 0 Å². The minimum atomic E-state index is -0.516. The molecular formula is C25H29FN2O. The molecule has 2 aliphatic heterocycles. The van der Waals surface area contributed by atoms with E-state index in [0.717, 1.165) is 38.0 Å². The molecule has 5 rings (SSSR count). The SMILES string of the molecule is Cc1cc2c3c(c1)c1c(n3CC(C)(c3ccc(F)cc3)OC2C)CCN(C)CC1. The van der Waals surface area contributed by atoms with Crippen LogP contribution in [0.2, 0.25) is 0 Å². The molecule has 0 N–H and O–H groups in total. The van der Waals surface area contributed by atoms with Gasteiger partial charge in [0.1, 0.15) is 11.4 Å². The van der Waals surface area contributed by atoms with Crippen molar-refractivity contribution >= 4 is 10.9 Å². The lowest BCUT2D eigenvalue weighted by atomic mass is 9.94. The van der Waals surface area contributed by atoms with E-state index in [4.69, 9.17) is 4.74 Å². The molecule has 0 saturated heterocycles. The molecule has 2 unspecified atom stereocenters. The summed E-state index contributed by atoms with van der Waals surface area (Å²) in [5.41, 5.74) is 7.35. The first-order valence-electron chi connectivity index (χ1n) is 10.6. The lowest BCUT2D eigenvalue weighted by molar-refractivity contribution is -0.0883. The highest BCUT2D eigenvalue weighted by Gasteiger charge is 2.37. The van der Waals surface area contributed by atoms with Crippen LogP contribution in [-0.2, 0) is 29.7 Å². The first-order chi connectivity index (χ1) is 13.9. The van der Waals surface area contributed by atoms with Gasteiger partial charge in [-0.15, -0.1) is 0 Å². The van der Waals surface area contributed by atoms with Crippen LogP contribution in [0.5, 0.6) is 0 Å². The molecule has 2 aliphatic rings. The highest BCUT2D eigenvalue weighted by molar-refractivity contribution is 5.90. The number of halogens is 1. The highest BCUT2D eigenvalue weighted by Crippen LogP contribution is 2.43. The first-order valence-corrected chi connectivity index (χ1v) is 10.6. The number of aromatic nitrogens is 1. The minimum absolute atomic E-state index is 0.0325. The second-order valence-electron chi connectivity index (χ2n) is 9.06. The van der Waals surface area contributed by atoms with Crippen LogP contribution in [0.25, 0.3) is 10.9 Å². The molecule has 0 bridgehead atoms. The lowest BCUT2D eigenvalue weighted by Crippen LogP contribution is -2.31. The summed E-state index contributed by atoms with van der Waals surface area (Å²) < 4.78 is 22.8. The number of rotatable bonds is 1. The van der Waals surface area contributed by atoms with Crippen LogP contribution in [0.4, 0.5) is 4.39 Å². The van der Waals surface area contributed by atoms with E-state index >= 15 is 0 Å². The summed E-state index contributed by atoms with van der Waals surface area (Å²) in [5.74, 6) is -0.210. The van der Waals surface area contributed by atoms with Gasteiger partial charge >= 0.3 is 0 Å². The van der Waals surface area contributed by atoms with Gasteiger partial charge < -0.3 is 14.2 Å². The van der Waals surface area contributed by atoms with Gasteiger partial charge in [0.2, 0.25) is 0 Å². The third-order valence-electron chi connectivity index (χ3n) is 6.82. The van der Waals surface area contributed by atoms with Crippen molar-refractivity contribution in [3.8, 4) is 0 Å². The topological polar surface area (TPSA) is 17.4 Å². The van der Waals surface area contributed by atoms with E-state index in [9.17, 15) is 4.39 Å². The molecule has 4 heteroatoms. The zero-order valence-electron chi connectivity index (χ0n) is 17.8. The molecule has 3 heterocycles. The number of nitrogens with zero attached hydrogens (tertiary/aromatic N) is 2. The molecule has 0 spiro atoms. The van der Waals surface area contributed by atoms with Crippen LogP contribution in [0.3, 0.4) is 0 Å². The Morgan fingerprint density at radius 1 is 1.10 bits per heavy atom. The first kappa shape index (κ1) is 18.8. The molecule has 0 radical (unpaired) electrons. The minimum Gasteiger partial charge on any atom is -0.361 e. The number of ether oxygens (including phenoxy) is 1. The van der Waals surface area contributed by atoms with E-state index in [1.807, 2.05) is 12.1 Å². The largest absolute Gasteiger partial charge is 0.361 e. The van der Waals surface area contributed by atoms with Crippen molar-refractivity contribution < 1.29 is 9.13 Å². The van der Waals surface area contributed by atoms with Crippen LogP contribution in [0, 0.1) is 12.7 Å². The molecule has 3 aromatic rings. The van der Waals surface area contributed by atoms with Gasteiger partial charge in [-0.3, -0.25) is 0 Å². The predicted octanol–water partition coefficient (Wildman–Crippen LogP) is 5.13. The maximum absolute atomic E-state index is 13.6. The van der Waals surface area contributed by atoms with Crippen LogP contribution in [0.15, 0.2) is 36.4 Å². The third-order valence-corrected chi connectivity index (χ3v) is 6.82. The zero-order chi connectivity index (χ0) is 20.3. The van der Waals surface area contributed by atoms with Crippen LogP contribution in [-0.4, -0.2) is 29.6 Å². The third kappa shape index (κ3) is 3.01. The number of hydrogen-bond donors (Lipinski definition) is 0. The average Bonchev–Trinajstić information content (AvgIpc) is 2.78. The number of aryl methyl sites for hydroxylation is 1. The fourth-order valence-electron chi connectivity index (χ4n) is 5.31. The van der Waals surface area contributed by atoms with Gasteiger partial charge in [-0.25, -0.2) is 4.39 Å². The van der Waals surface area contributed by atoms with E-state index in [0.29, 0.717) is 0 Å². The normalized spacial score (nSPS) is 24.9. The van der Waals surface area contributed by atoms with Crippen molar-refractivity contribution in [2.75, 3.05) is 20.1 Å². The van der Waals surface area contributed by atoms with Crippen LogP contribution >= 0.6 is 0 Å². The molecular weight excluding hydrogens is 363 g/mol. The molecule has 2 atom stereocenters. The van der Waals surface area contributed by atoms with Crippen molar-refractivity contribution in [2.45, 2.75) is 51.9 Å². The van der Waals surface area contributed by atoms with Gasteiger partial charge in [-0.05, 0) is 63.6 Å². The number of hydrogen-bond acceptors (Lipinski definition) is 2. The number of likely N-dealkylation sites (N-methyl/N-ethyl adjacent to an activating group) is 1. The molecule has 152 valence electrons. The Bertz CT molecular complexity index is 1080. The molecule has 29 heavy (non-hydrogen) atoms. The van der Waals surface area contributed by atoms with Gasteiger partial charge in [0.15, 0.2) is 0 Å². The maximum Gasteiger partial charge on any atom is 0.123 e. The predicted molar refractivity (Wildman–Crippen MR) is 115 cm³/mol. The molecule has 1 aromatic heterocycles. The maximum atomic E-state index is 13.6. The summed E-state index contributed by atoms with van der Waals surface area (Å²) in [6.07, 6.45) is 2.10. The summed E-state index contributed by atoms with van der Waals surface area (Å²) >= 11 is 0. The quantitative estimate of drug-likeness (QED) is 0.571. The monoisotopic (exact) mass is 392 g/mol. The van der Waals surface area contributed by atoms with Gasteiger partial charge in [-0.2, -0.15) is 0 Å². The average molecular weight is 393 g/mol. The Kier molecular flexibility index (Phi) is 4.34. The Balaban J connectivity index is 1.75. The highest BCUT2D eigenvalue weighted by atomic mass is 19.1. The van der Waals surface area contributed by atoms with E-state index in [1.165, 1.54) is 45.4 Å².